The SMILES string of the molecule is COC1(CC(=O)c2ccccc2OC(C)C)CCC1. The number of methoxy groups -OCH3 is 1. The van der Waals surface area contributed by atoms with E-state index in [1.807, 2.05) is 38.1 Å². The lowest BCUT2D eigenvalue weighted by Crippen LogP contribution is -2.41. The van der Waals surface area contributed by atoms with Crippen LogP contribution in [0.4, 0.5) is 0 Å². The molecule has 0 saturated heterocycles. The summed E-state index contributed by atoms with van der Waals surface area (Å²) in [6.45, 7) is 3.92. The topological polar surface area (TPSA) is 35.5 Å². The Morgan fingerprint density at radius 3 is 2.53 bits per heavy atom. The number of ether oxygens (including phenoxy) is 2. The molecule has 0 spiro atoms. The molecule has 104 valence electrons. The quantitative estimate of drug-likeness (QED) is 0.735. The van der Waals surface area contributed by atoms with Gasteiger partial charge in [-0.15, -0.1) is 0 Å². The lowest BCUT2D eigenvalue weighted by molar-refractivity contribution is -0.0705. The Kier molecular flexibility index (Phi) is 4.25. The van der Waals surface area contributed by atoms with Crippen LogP contribution in [0.25, 0.3) is 0 Å². The van der Waals surface area contributed by atoms with E-state index in [1.54, 1.807) is 7.11 Å². The van der Waals surface area contributed by atoms with Crippen LogP contribution in [0.5, 0.6) is 5.75 Å². The molecular weight excluding hydrogens is 240 g/mol. The predicted molar refractivity (Wildman–Crippen MR) is 74.7 cm³/mol. The van der Waals surface area contributed by atoms with Crippen molar-refractivity contribution in [1.82, 2.24) is 0 Å². The Morgan fingerprint density at radius 2 is 2.00 bits per heavy atom. The number of rotatable bonds is 6. The van der Waals surface area contributed by atoms with E-state index in [4.69, 9.17) is 9.47 Å². The third-order valence-electron chi connectivity index (χ3n) is 3.73. The second-order valence-electron chi connectivity index (χ2n) is 5.50. The van der Waals surface area contributed by atoms with E-state index in [0.717, 1.165) is 19.3 Å². The summed E-state index contributed by atoms with van der Waals surface area (Å²) < 4.78 is 11.2. The van der Waals surface area contributed by atoms with Crippen LogP contribution in [0.3, 0.4) is 0 Å². The summed E-state index contributed by atoms with van der Waals surface area (Å²) >= 11 is 0. The molecule has 3 nitrogen and oxygen atoms in total. The Hall–Kier alpha value is -1.35. The fraction of sp³-hybridized carbons (Fsp3) is 0.562. The maximum absolute atomic E-state index is 12.5. The molecule has 1 aliphatic rings. The van der Waals surface area contributed by atoms with Crippen molar-refractivity contribution in [3.8, 4) is 5.75 Å². The highest BCUT2D eigenvalue weighted by atomic mass is 16.5. The molecule has 0 N–H and O–H groups in total. The summed E-state index contributed by atoms with van der Waals surface area (Å²) in [5, 5.41) is 0. The van der Waals surface area contributed by atoms with Crippen molar-refractivity contribution >= 4 is 5.78 Å². The fourth-order valence-corrected chi connectivity index (χ4v) is 2.47. The van der Waals surface area contributed by atoms with Crippen LogP contribution in [0.15, 0.2) is 24.3 Å². The van der Waals surface area contributed by atoms with Gasteiger partial charge in [0.05, 0.1) is 17.3 Å². The third kappa shape index (κ3) is 3.16. The molecule has 0 amide bonds. The second-order valence-corrected chi connectivity index (χ2v) is 5.50. The first-order chi connectivity index (χ1) is 9.06. The first-order valence-corrected chi connectivity index (χ1v) is 6.90. The molecule has 0 atom stereocenters. The van der Waals surface area contributed by atoms with Gasteiger partial charge in [0.15, 0.2) is 5.78 Å². The van der Waals surface area contributed by atoms with Crippen LogP contribution >= 0.6 is 0 Å². The Balaban J connectivity index is 2.14. The number of carbonyl (C=O) groups excluding carboxylic acids is 1. The normalized spacial score (nSPS) is 17.1. The first-order valence-electron chi connectivity index (χ1n) is 6.90. The van der Waals surface area contributed by atoms with Gasteiger partial charge in [0.2, 0.25) is 0 Å². The van der Waals surface area contributed by atoms with Crippen LogP contribution in [0, 0.1) is 0 Å². The van der Waals surface area contributed by atoms with Gasteiger partial charge in [0.25, 0.3) is 0 Å². The zero-order valence-corrected chi connectivity index (χ0v) is 11.9. The van der Waals surface area contributed by atoms with E-state index in [2.05, 4.69) is 0 Å². The number of para-hydroxylation sites is 1. The zero-order valence-electron chi connectivity index (χ0n) is 11.9. The minimum Gasteiger partial charge on any atom is -0.490 e. The first kappa shape index (κ1) is 14.1. The van der Waals surface area contributed by atoms with Crippen molar-refractivity contribution in [2.75, 3.05) is 7.11 Å². The van der Waals surface area contributed by atoms with Crippen LogP contribution in [0.1, 0.15) is 49.9 Å². The summed E-state index contributed by atoms with van der Waals surface area (Å²) in [6.07, 6.45) is 3.60. The molecule has 0 bridgehead atoms. The van der Waals surface area contributed by atoms with Gasteiger partial charge in [-0.25, -0.2) is 0 Å². The van der Waals surface area contributed by atoms with Crippen molar-refractivity contribution in [3.63, 3.8) is 0 Å². The van der Waals surface area contributed by atoms with Gasteiger partial charge in [-0.05, 0) is 45.2 Å². The van der Waals surface area contributed by atoms with E-state index in [1.165, 1.54) is 0 Å². The standard InChI is InChI=1S/C16H22O3/c1-12(2)19-15-8-5-4-7-13(15)14(17)11-16(18-3)9-6-10-16/h4-5,7-8,12H,6,9-11H2,1-3H3. The van der Waals surface area contributed by atoms with Gasteiger partial charge in [-0.2, -0.15) is 0 Å². The van der Waals surface area contributed by atoms with Crippen molar-refractivity contribution in [2.45, 2.75) is 51.2 Å². The molecule has 1 aliphatic carbocycles. The van der Waals surface area contributed by atoms with Crippen molar-refractivity contribution < 1.29 is 14.3 Å². The number of ketones is 1. The minimum atomic E-state index is -0.234. The third-order valence-corrected chi connectivity index (χ3v) is 3.73. The van der Waals surface area contributed by atoms with Gasteiger partial charge in [-0.3, -0.25) is 4.79 Å². The van der Waals surface area contributed by atoms with Gasteiger partial charge in [-0.1, -0.05) is 12.1 Å². The average Bonchev–Trinajstić information content (AvgIpc) is 2.33. The van der Waals surface area contributed by atoms with Crippen molar-refractivity contribution in [1.29, 1.82) is 0 Å². The molecule has 0 aliphatic heterocycles. The fourth-order valence-electron chi connectivity index (χ4n) is 2.47. The van der Waals surface area contributed by atoms with E-state index < -0.39 is 0 Å². The van der Waals surface area contributed by atoms with Gasteiger partial charge in [0, 0.05) is 13.5 Å². The Labute approximate surface area is 114 Å². The van der Waals surface area contributed by atoms with Crippen LogP contribution in [-0.4, -0.2) is 24.6 Å². The smallest absolute Gasteiger partial charge is 0.169 e. The van der Waals surface area contributed by atoms with Crippen LogP contribution < -0.4 is 4.74 Å². The van der Waals surface area contributed by atoms with Gasteiger partial charge in [0.1, 0.15) is 5.75 Å². The molecule has 0 unspecified atom stereocenters. The molecular formula is C16H22O3. The molecule has 2 rings (SSSR count). The molecule has 1 saturated carbocycles. The molecule has 1 aromatic carbocycles. The number of Topliss-reactive ketones (excluding diaryl/α,β-unsaturated/α-hetero) is 1. The Bertz CT molecular complexity index is 442. The highest BCUT2D eigenvalue weighted by molar-refractivity contribution is 5.99. The second kappa shape index (κ2) is 5.74. The number of hydrogen-bond donors (Lipinski definition) is 0. The highest BCUT2D eigenvalue weighted by Crippen LogP contribution is 2.39. The predicted octanol–water partition coefficient (Wildman–Crippen LogP) is 3.62. The highest BCUT2D eigenvalue weighted by Gasteiger charge is 2.39. The molecule has 0 heterocycles. The van der Waals surface area contributed by atoms with E-state index >= 15 is 0 Å². The molecule has 0 aromatic heterocycles. The average molecular weight is 262 g/mol. The largest absolute Gasteiger partial charge is 0.490 e. The van der Waals surface area contributed by atoms with E-state index in [-0.39, 0.29) is 17.5 Å². The molecule has 1 fully saturated rings. The molecule has 19 heavy (non-hydrogen) atoms. The Morgan fingerprint density at radius 1 is 1.32 bits per heavy atom. The molecule has 1 aromatic rings. The summed E-state index contributed by atoms with van der Waals surface area (Å²) in [5.41, 5.74) is 0.432. The van der Waals surface area contributed by atoms with E-state index in [9.17, 15) is 4.79 Å². The lowest BCUT2D eigenvalue weighted by atomic mass is 9.75. The summed E-state index contributed by atoms with van der Waals surface area (Å²) in [4.78, 5) is 12.5. The monoisotopic (exact) mass is 262 g/mol. The summed E-state index contributed by atoms with van der Waals surface area (Å²) in [5.74, 6) is 0.783. The maximum Gasteiger partial charge on any atom is 0.169 e. The number of carbonyl (C=O) groups is 1. The zero-order chi connectivity index (χ0) is 13.9. The van der Waals surface area contributed by atoms with Crippen LogP contribution in [-0.2, 0) is 4.74 Å². The maximum atomic E-state index is 12.5. The van der Waals surface area contributed by atoms with E-state index in [0.29, 0.717) is 17.7 Å². The van der Waals surface area contributed by atoms with Crippen molar-refractivity contribution in [3.05, 3.63) is 29.8 Å². The van der Waals surface area contributed by atoms with Crippen molar-refractivity contribution in [2.24, 2.45) is 0 Å². The van der Waals surface area contributed by atoms with Crippen LogP contribution in [0.2, 0.25) is 0 Å². The lowest BCUT2D eigenvalue weighted by Gasteiger charge is -2.40. The minimum absolute atomic E-state index is 0.0639. The molecule has 0 radical (unpaired) electrons. The van der Waals surface area contributed by atoms with Gasteiger partial charge >= 0.3 is 0 Å². The van der Waals surface area contributed by atoms with Gasteiger partial charge < -0.3 is 9.47 Å². The number of hydrogen-bond acceptors (Lipinski definition) is 3. The summed E-state index contributed by atoms with van der Waals surface area (Å²) in [6, 6.07) is 7.46. The molecule has 3 heteroatoms. The number of benzene rings is 1. The summed E-state index contributed by atoms with van der Waals surface area (Å²) in [7, 11) is 1.70.